The molecule has 0 aliphatic carbocycles. The van der Waals surface area contributed by atoms with Gasteiger partial charge in [0.05, 0.1) is 11.5 Å². The molecular weight excluding hydrogens is 178 g/mol. The molecule has 14 heavy (non-hydrogen) atoms. The van der Waals surface area contributed by atoms with Gasteiger partial charge in [-0.2, -0.15) is 4.57 Å². The van der Waals surface area contributed by atoms with Crippen molar-refractivity contribution < 1.29 is 14.8 Å². The number of phenolic OH excluding ortho intramolecular Hbond substituents is 2. The summed E-state index contributed by atoms with van der Waals surface area (Å²) in [6.45, 7) is 1.99. The summed E-state index contributed by atoms with van der Waals surface area (Å²) in [5.74, 6) is -0.167. The Morgan fingerprint density at radius 1 is 1.07 bits per heavy atom. The van der Waals surface area contributed by atoms with Crippen LogP contribution in [0.5, 0.6) is 11.5 Å². The molecule has 1 aromatic carbocycles. The van der Waals surface area contributed by atoms with E-state index in [2.05, 4.69) is 0 Å². The first kappa shape index (κ1) is 8.81. The first-order valence-electron chi connectivity index (χ1n) is 4.41. The van der Waals surface area contributed by atoms with Gasteiger partial charge < -0.3 is 10.2 Å². The van der Waals surface area contributed by atoms with Gasteiger partial charge in [0.15, 0.2) is 17.2 Å². The third-order valence-corrected chi connectivity index (χ3v) is 2.52. The lowest BCUT2D eigenvalue weighted by atomic mass is 10.1. The second-order valence-corrected chi connectivity index (χ2v) is 3.43. The Morgan fingerprint density at radius 2 is 1.71 bits per heavy atom. The molecule has 1 aromatic heterocycles. The van der Waals surface area contributed by atoms with Crippen LogP contribution in [0, 0.1) is 6.92 Å². The predicted molar refractivity (Wildman–Crippen MR) is 53.2 cm³/mol. The number of fused-ring (bicyclic) bond motifs is 1. The number of benzene rings is 1. The minimum Gasteiger partial charge on any atom is -0.504 e. The molecule has 0 amide bonds. The van der Waals surface area contributed by atoms with E-state index in [1.807, 2.05) is 30.7 Å². The van der Waals surface area contributed by atoms with Crippen molar-refractivity contribution in [3.05, 3.63) is 30.0 Å². The highest BCUT2D eigenvalue weighted by Gasteiger charge is 2.11. The van der Waals surface area contributed by atoms with E-state index >= 15 is 0 Å². The van der Waals surface area contributed by atoms with Gasteiger partial charge in [-0.15, -0.1) is 0 Å². The summed E-state index contributed by atoms with van der Waals surface area (Å²) in [6.07, 6.45) is 0. The number of hydrogen-bond acceptors (Lipinski definition) is 2. The van der Waals surface area contributed by atoms with Gasteiger partial charge in [-0.3, -0.25) is 0 Å². The number of aryl methyl sites for hydroxylation is 2. The zero-order chi connectivity index (χ0) is 10.3. The Hall–Kier alpha value is -1.77. The van der Waals surface area contributed by atoms with Crippen molar-refractivity contribution in [2.24, 2.45) is 7.05 Å². The van der Waals surface area contributed by atoms with Crippen molar-refractivity contribution in [3.63, 3.8) is 0 Å². The molecule has 2 N–H and O–H groups in total. The van der Waals surface area contributed by atoms with Crippen LogP contribution in [0.25, 0.3) is 10.9 Å². The van der Waals surface area contributed by atoms with Crippen LogP contribution in [0.1, 0.15) is 5.69 Å². The second kappa shape index (κ2) is 2.87. The van der Waals surface area contributed by atoms with E-state index in [9.17, 15) is 10.2 Å². The average Bonchev–Trinajstić information content (AvgIpc) is 2.15. The maximum absolute atomic E-state index is 9.37. The molecule has 3 heteroatoms. The average molecular weight is 190 g/mol. The lowest BCUT2D eigenvalue weighted by Gasteiger charge is -2.01. The van der Waals surface area contributed by atoms with Crippen LogP contribution in [0.2, 0.25) is 0 Å². The normalized spacial score (nSPS) is 10.7. The number of aromatic nitrogens is 1. The second-order valence-electron chi connectivity index (χ2n) is 3.43. The van der Waals surface area contributed by atoms with Crippen LogP contribution in [0.3, 0.4) is 0 Å². The van der Waals surface area contributed by atoms with E-state index in [4.69, 9.17) is 0 Å². The fourth-order valence-electron chi connectivity index (χ4n) is 1.52. The Balaban J connectivity index is 2.89. The number of phenols is 2. The summed E-state index contributed by atoms with van der Waals surface area (Å²) in [7, 11) is 1.92. The van der Waals surface area contributed by atoms with Gasteiger partial charge >= 0.3 is 0 Å². The molecule has 0 aliphatic heterocycles. The monoisotopic (exact) mass is 190 g/mol. The van der Waals surface area contributed by atoms with E-state index in [1.165, 1.54) is 0 Å². The highest BCUT2D eigenvalue weighted by Crippen LogP contribution is 2.28. The van der Waals surface area contributed by atoms with Gasteiger partial charge in [0, 0.05) is 13.0 Å². The zero-order valence-corrected chi connectivity index (χ0v) is 8.15. The predicted octanol–water partition coefficient (Wildman–Crippen LogP) is 1.38. The smallest absolute Gasteiger partial charge is 0.216 e. The third kappa shape index (κ3) is 1.18. The first-order valence-corrected chi connectivity index (χ1v) is 4.41. The van der Waals surface area contributed by atoms with Crippen LogP contribution in [0.15, 0.2) is 24.3 Å². The lowest BCUT2D eigenvalue weighted by molar-refractivity contribution is -0.651. The van der Waals surface area contributed by atoms with Crippen molar-refractivity contribution in [1.82, 2.24) is 0 Å². The molecule has 0 unspecified atom stereocenters. The molecule has 0 radical (unpaired) electrons. The van der Waals surface area contributed by atoms with E-state index in [-0.39, 0.29) is 11.5 Å². The Kier molecular flexibility index (Phi) is 1.81. The summed E-state index contributed by atoms with van der Waals surface area (Å²) < 4.78 is 1.97. The van der Waals surface area contributed by atoms with Gasteiger partial charge in [0.25, 0.3) is 0 Å². The summed E-state index contributed by atoms with van der Waals surface area (Å²) in [4.78, 5) is 0. The molecule has 0 bridgehead atoms. The van der Waals surface area contributed by atoms with E-state index in [1.54, 1.807) is 12.1 Å². The van der Waals surface area contributed by atoms with Gasteiger partial charge in [-0.25, -0.2) is 0 Å². The summed E-state index contributed by atoms with van der Waals surface area (Å²) in [5.41, 5.74) is 2.00. The molecule has 2 aromatic rings. The van der Waals surface area contributed by atoms with E-state index < -0.39 is 0 Å². The maximum Gasteiger partial charge on any atom is 0.216 e. The molecule has 3 nitrogen and oxygen atoms in total. The Labute approximate surface area is 81.9 Å². The fourth-order valence-corrected chi connectivity index (χ4v) is 1.52. The Morgan fingerprint density at radius 3 is 2.43 bits per heavy atom. The number of hydrogen-bond donors (Lipinski definition) is 2. The van der Waals surface area contributed by atoms with Crippen molar-refractivity contribution in [2.75, 3.05) is 0 Å². The van der Waals surface area contributed by atoms with Gasteiger partial charge in [0.2, 0.25) is 5.52 Å². The van der Waals surface area contributed by atoms with Gasteiger partial charge in [0.1, 0.15) is 7.05 Å². The topological polar surface area (TPSA) is 44.3 Å². The molecular formula is C11H12NO2+. The van der Waals surface area contributed by atoms with Crippen molar-refractivity contribution in [3.8, 4) is 11.5 Å². The lowest BCUT2D eigenvalue weighted by Crippen LogP contribution is -2.32. The SMILES string of the molecule is Cc1ccc2cc(O)c(O)cc2[n+]1C. The zero-order valence-electron chi connectivity index (χ0n) is 8.15. The van der Waals surface area contributed by atoms with Gasteiger partial charge in [-0.05, 0) is 12.1 Å². The Bertz CT molecular complexity index is 506. The molecule has 0 saturated heterocycles. The van der Waals surface area contributed by atoms with Gasteiger partial charge in [-0.1, -0.05) is 0 Å². The minimum atomic E-state index is -0.0845. The van der Waals surface area contributed by atoms with Crippen molar-refractivity contribution in [1.29, 1.82) is 0 Å². The maximum atomic E-state index is 9.37. The highest BCUT2D eigenvalue weighted by molar-refractivity contribution is 5.79. The van der Waals surface area contributed by atoms with E-state index in [0.29, 0.717) is 0 Å². The van der Waals surface area contributed by atoms with E-state index in [0.717, 1.165) is 16.6 Å². The minimum absolute atomic E-state index is 0.0821. The summed E-state index contributed by atoms with van der Waals surface area (Å²) in [5, 5.41) is 19.6. The molecule has 0 spiro atoms. The van der Waals surface area contributed by atoms with Crippen LogP contribution in [0.4, 0.5) is 0 Å². The van der Waals surface area contributed by atoms with Crippen LogP contribution in [-0.2, 0) is 7.05 Å². The first-order chi connectivity index (χ1) is 6.59. The summed E-state index contributed by atoms with van der Waals surface area (Å²) in [6, 6.07) is 7.02. The quantitative estimate of drug-likeness (QED) is 0.487. The molecule has 0 saturated carbocycles. The number of nitrogens with zero attached hydrogens (tertiary/aromatic N) is 1. The molecule has 72 valence electrons. The standard InChI is InChI=1S/C11H11NO2/c1-7-3-4-8-5-10(13)11(14)6-9(8)12(7)2/h3-6,13H,1-2H3/p+1. The van der Waals surface area contributed by atoms with Crippen LogP contribution < -0.4 is 4.57 Å². The third-order valence-electron chi connectivity index (χ3n) is 2.52. The highest BCUT2D eigenvalue weighted by atomic mass is 16.3. The largest absolute Gasteiger partial charge is 0.504 e. The number of rotatable bonds is 0. The van der Waals surface area contributed by atoms with Crippen molar-refractivity contribution in [2.45, 2.75) is 6.92 Å². The molecule has 2 rings (SSSR count). The van der Waals surface area contributed by atoms with Crippen LogP contribution in [-0.4, -0.2) is 10.2 Å². The summed E-state index contributed by atoms with van der Waals surface area (Å²) >= 11 is 0. The fraction of sp³-hybridized carbons (Fsp3) is 0.182. The number of aromatic hydroxyl groups is 2. The molecule has 0 aliphatic rings. The molecule has 0 atom stereocenters. The molecule has 0 fully saturated rings. The molecule has 1 heterocycles. The van der Waals surface area contributed by atoms with Crippen molar-refractivity contribution >= 4 is 10.9 Å². The number of pyridine rings is 1. The van der Waals surface area contributed by atoms with Crippen LogP contribution >= 0.6 is 0 Å².